The van der Waals surface area contributed by atoms with Gasteiger partial charge in [0.2, 0.25) is 0 Å². The van der Waals surface area contributed by atoms with Crippen LogP contribution < -0.4 is 5.73 Å². The Morgan fingerprint density at radius 1 is 1.40 bits per heavy atom. The van der Waals surface area contributed by atoms with Crippen molar-refractivity contribution in [3.05, 3.63) is 21.9 Å². The molecule has 2 atom stereocenters. The van der Waals surface area contributed by atoms with Crippen LogP contribution in [-0.4, -0.2) is 48.1 Å². The first-order valence-electron chi connectivity index (χ1n) is 7.52. The van der Waals surface area contributed by atoms with Gasteiger partial charge in [-0.1, -0.05) is 11.8 Å². The lowest BCUT2D eigenvalue weighted by molar-refractivity contribution is 0.0547. The smallest absolute Gasteiger partial charge is 0.0772 e. The molecule has 20 heavy (non-hydrogen) atoms. The third-order valence-corrected chi connectivity index (χ3v) is 5.39. The maximum absolute atomic E-state index is 5.42. The molecular weight excluding hydrogens is 266 g/mol. The molecule has 0 aromatic carbocycles. The molecule has 108 valence electrons. The van der Waals surface area contributed by atoms with Gasteiger partial charge in [0.1, 0.15) is 0 Å². The third-order valence-electron chi connectivity index (χ3n) is 4.40. The number of thiophene rings is 1. The van der Waals surface area contributed by atoms with E-state index in [9.17, 15) is 0 Å². The molecule has 2 fully saturated rings. The van der Waals surface area contributed by atoms with Gasteiger partial charge in [0, 0.05) is 36.6 Å². The molecule has 2 aliphatic rings. The lowest BCUT2D eigenvalue weighted by Crippen LogP contribution is -2.54. The first kappa shape index (κ1) is 14.1. The van der Waals surface area contributed by atoms with Crippen molar-refractivity contribution in [2.45, 2.75) is 38.4 Å². The van der Waals surface area contributed by atoms with E-state index in [0.717, 1.165) is 17.5 Å². The Balaban J connectivity index is 1.63. The molecule has 0 aliphatic carbocycles. The Labute approximate surface area is 125 Å². The standard InChI is InChI=1S/C16H23N3S/c1-13-10-18-9-3-4-14(18)11-19(13)12-16-7-6-15(20-16)5-2-8-17/h6-7,13-14H,3-4,8-12,17H2,1H3. The van der Waals surface area contributed by atoms with Crippen molar-refractivity contribution in [3.63, 3.8) is 0 Å². The Kier molecular flexibility index (Phi) is 4.42. The van der Waals surface area contributed by atoms with E-state index in [0.29, 0.717) is 12.6 Å². The van der Waals surface area contributed by atoms with Crippen molar-refractivity contribution in [3.8, 4) is 11.8 Å². The van der Waals surface area contributed by atoms with Crippen molar-refractivity contribution >= 4 is 11.3 Å². The summed E-state index contributed by atoms with van der Waals surface area (Å²) in [5, 5.41) is 0. The summed E-state index contributed by atoms with van der Waals surface area (Å²) in [4.78, 5) is 7.87. The number of nitrogens with zero attached hydrogens (tertiary/aromatic N) is 2. The minimum atomic E-state index is 0.438. The van der Waals surface area contributed by atoms with E-state index in [2.05, 4.69) is 40.7 Å². The van der Waals surface area contributed by atoms with Crippen LogP contribution in [-0.2, 0) is 6.54 Å². The van der Waals surface area contributed by atoms with Crippen LogP contribution in [0.5, 0.6) is 0 Å². The molecule has 2 aliphatic heterocycles. The van der Waals surface area contributed by atoms with Crippen LogP contribution in [0, 0.1) is 11.8 Å². The largest absolute Gasteiger partial charge is 0.320 e. The van der Waals surface area contributed by atoms with Crippen LogP contribution in [0.2, 0.25) is 0 Å². The Morgan fingerprint density at radius 2 is 2.30 bits per heavy atom. The predicted molar refractivity (Wildman–Crippen MR) is 84.7 cm³/mol. The van der Waals surface area contributed by atoms with Crippen molar-refractivity contribution in [2.75, 3.05) is 26.2 Å². The van der Waals surface area contributed by atoms with Gasteiger partial charge in [0.05, 0.1) is 11.4 Å². The Hall–Kier alpha value is -0.860. The summed E-state index contributed by atoms with van der Waals surface area (Å²) in [5.74, 6) is 6.06. The first-order chi connectivity index (χ1) is 9.76. The molecule has 3 heterocycles. The summed E-state index contributed by atoms with van der Waals surface area (Å²) < 4.78 is 0. The highest BCUT2D eigenvalue weighted by Gasteiger charge is 2.34. The fourth-order valence-electron chi connectivity index (χ4n) is 3.34. The summed E-state index contributed by atoms with van der Waals surface area (Å²) in [5.41, 5.74) is 5.42. The van der Waals surface area contributed by atoms with Gasteiger partial charge in [-0.2, -0.15) is 0 Å². The lowest BCUT2D eigenvalue weighted by atomic mass is 10.1. The summed E-state index contributed by atoms with van der Waals surface area (Å²) >= 11 is 1.81. The number of fused-ring (bicyclic) bond motifs is 1. The summed E-state index contributed by atoms with van der Waals surface area (Å²) in [6, 6.07) is 5.80. The van der Waals surface area contributed by atoms with E-state index in [1.54, 1.807) is 0 Å². The van der Waals surface area contributed by atoms with Crippen LogP contribution in [0.4, 0.5) is 0 Å². The molecule has 0 amide bonds. The van der Waals surface area contributed by atoms with E-state index in [1.165, 1.54) is 37.4 Å². The van der Waals surface area contributed by atoms with E-state index >= 15 is 0 Å². The number of hydrogen-bond donors (Lipinski definition) is 1. The summed E-state index contributed by atoms with van der Waals surface area (Å²) in [6.45, 7) is 7.63. The van der Waals surface area contributed by atoms with Crippen molar-refractivity contribution in [1.82, 2.24) is 9.80 Å². The van der Waals surface area contributed by atoms with Gasteiger partial charge in [0.25, 0.3) is 0 Å². The van der Waals surface area contributed by atoms with Gasteiger partial charge in [-0.25, -0.2) is 0 Å². The van der Waals surface area contributed by atoms with Crippen molar-refractivity contribution < 1.29 is 0 Å². The lowest BCUT2D eigenvalue weighted by Gasteiger charge is -2.42. The van der Waals surface area contributed by atoms with Crippen molar-refractivity contribution in [2.24, 2.45) is 5.73 Å². The van der Waals surface area contributed by atoms with Crippen LogP contribution in [0.3, 0.4) is 0 Å². The molecule has 4 heteroatoms. The van der Waals surface area contributed by atoms with Crippen molar-refractivity contribution in [1.29, 1.82) is 0 Å². The Bertz CT molecular complexity index is 513. The zero-order valence-electron chi connectivity index (χ0n) is 12.1. The van der Waals surface area contributed by atoms with Gasteiger partial charge in [0.15, 0.2) is 0 Å². The molecule has 0 spiro atoms. The van der Waals surface area contributed by atoms with Crippen LogP contribution >= 0.6 is 11.3 Å². The maximum atomic E-state index is 5.42. The quantitative estimate of drug-likeness (QED) is 0.842. The molecule has 0 radical (unpaired) electrons. The molecule has 3 nitrogen and oxygen atoms in total. The number of piperazine rings is 1. The normalized spacial score (nSPS) is 27.1. The molecular formula is C16H23N3S. The molecule has 2 unspecified atom stereocenters. The molecule has 2 saturated heterocycles. The minimum absolute atomic E-state index is 0.438. The van der Waals surface area contributed by atoms with E-state index in [1.807, 2.05) is 11.3 Å². The fraction of sp³-hybridized carbons (Fsp3) is 0.625. The number of nitrogens with two attached hydrogens (primary N) is 1. The second kappa shape index (κ2) is 6.28. The minimum Gasteiger partial charge on any atom is -0.320 e. The van der Waals surface area contributed by atoms with E-state index in [4.69, 9.17) is 5.73 Å². The monoisotopic (exact) mass is 289 g/mol. The second-order valence-corrected chi connectivity index (χ2v) is 7.01. The summed E-state index contributed by atoms with van der Waals surface area (Å²) in [7, 11) is 0. The molecule has 1 aromatic heterocycles. The average molecular weight is 289 g/mol. The highest BCUT2D eigenvalue weighted by atomic mass is 32.1. The average Bonchev–Trinajstić information content (AvgIpc) is 3.06. The van der Waals surface area contributed by atoms with E-state index < -0.39 is 0 Å². The van der Waals surface area contributed by atoms with Crippen LogP contribution in [0.15, 0.2) is 12.1 Å². The zero-order chi connectivity index (χ0) is 13.9. The van der Waals surface area contributed by atoms with Gasteiger partial charge in [-0.3, -0.25) is 9.80 Å². The highest BCUT2D eigenvalue weighted by molar-refractivity contribution is 7.12. The van der Waals surface area contributed by atoms with Crippen LogP contribution in [0.25, 0.3) is 0 Å². The van der Waals surface area contributed by atoms with Gasteiger partial charge in [-0.15, -0.1) is 11.3 Å². The summed E-state index contributed by atoms with van der Waals surface area (Å²) in [6.07, 6.45) is 2.75. The Morgan fingerprint density at radius 3 is 3.15 bits per heavy atom. The molecule has 3 rings (SSSR count). The zero-order valence-corrected chi connectivity index (χ0v) is 13.0. The van der Waals surface area contributed by atoms with E-state index in [-0.39, 0.29) is 0 Å². The topological polar surface area (TPSA) is 32.5 Å². The maximum Gasteiger partial charge on any atom is 0.0772 e. The molecule has 0 saturated carbocycles. The van der Waals surface area contributed by atoms with Gasteiger partial charge < -0.3 is 5.73 Å². The van der Waals surface area contributed by atoms with Gasteiger partial charge in [-0.05, 0) is 38.4 Å². The van der Waals surface area contributed by atoms with Crippen LogP contribution in [0.1, 0.15) is 29.5 Å². The predicted octanol–water partition coefficient (Wildman–Crippen LogP) is 1.73. The number of hydrogen-bond acceptors (Lipinski definition) is 4. The highest BCUT2D eigenvalue weighted by Crippen LogP contribution is 2.27. The molecule has 2 N–H and O–H groups in total. The fourth-order valence-corrected chi connectivity index (χ4v) is 4.24. The first-order valence-corrected chi connectivity index (χ1v) is 8.33. The molecule has 0 bridgehead atoms. The second-order valence-electron chi connectivity index (χ2n) is 5.84. The SMILES string of the molecule is CC1CN2CCCC2CN1Cc1ccc(C#CCN)s1. The number of rotatable bonds is 2. The molecule has 1 aromatic rings. The van der Waals surface area contributed by atoms with Gasteiger partial charge >= 0.3 is 0 Å². The third kappa shape index (κ3) is 3.07.